The molecule has 1 aliphatic rings. The summed E-state index contributed by atoms with van der Waals surface area (Å²) in [7, 11) is 0. The molecule has 144 valence electrons. The van der Waals surface area contributed by atoms with Gasteiger partial charge in [0.25, 0.3) is 0 Å². The van der Waals surface area contributed by atoms with E-state index in [1.165, 1.54) is 11.1 Å². The van der Waals surface area contributed by atoms with Gasteiger partial charge >= 0.3 is 0 Å². The highest BCUT2D eigenvalue weighted by Gasteiger charge is 2.38. The summed E-state index contributed by atoms with van der Waals surface area (Å²) < 4.78 is 0. The molecule has 0 aliphatic heterocycles. The van der Waals surface area contributed by atoms with Crippen molar-refractivity contribution in [3.8, 4) is 5.75 Å². The molecule has 0 heterocycles. The Kier molecular flexibility index (Phi) is 6.42. The second-order valence-electron chi connectivity index (χ2n) is 8.90. The van der Waals surface area contributed by atoms with Crippen molar-refractivity contribution in [2.45, 2.75) is 80.1 Å². The molecule has 0 saturated heterocycles. The number of aromatic hydroxyl groups is 1. The summed E-state index contributed by atoms with van der Waals surface area (Å²) in [6, 6.07) is 4.54. The van der Waals surface area contributed by atoms with E-state index in [1.807, 2.05) is 0 Å². The van der Waals surface area contributed by atoms with Crippen molar-refractivity contribution in [3.63, 3.8) is 0 Å². The van der Waals surface area contributed by atoms with Crippen molar-refractivity contribution in [3.05, 3.63) is 52.1 Å². The lowest BCUT2D eigenvalue weighted by Gasteiger charge is -2.42. The minimum absolute atomic E-state index is 0.00942. The van der Waals surface area contributed by atoms with Crippen LogP contribution in [0.1, 0.15) is 78.5 Å². The zero-order valence-electron chi connectivity index (χ0n) is 18.1. The number of hydrogen-bond donors (Lipinski definition) is 1. The van der Waals surface area contributed by atoms with Gasteiger partial charge in [-0.15, -0.1) is 0 Å². The lowest BCUT2D eigenvalue weighted by atomic mass is 9.62. The van der Waals surface area contributed by atoms with Gasteiger partial charge in [-0.3, -0.25) is 0 Å². The van der Waals surface area contributed by atoms with Gasteiger partial charge in [0, 0.05) is 5.41 Å². The Hall–Kier alpha value is -1.50. The molecule has 1 aromatic carbocycles. The normalized spacial score (nSPS) is 20.7. The number of rotatable bonds is 6. The van der Waals surface area contributed by atoms with Crippen LogP contribution in [-0.4, -0.2) is 5.11 Å². The Bertz CT molecular complexity index is 678. The first-order valence-corrected chi connectivity index (χ1v) is 10.4. The van der Waals surface area contributed by atoms with E-state index in [2.05, 4.69) is 79.7 Å². The molecule has 0 radical (unpaired) electrons. The minimum Gasteiger partial charge on any atom is -0.507 e. The standard InChI is InChI=1S/C25H38O/c1-9-19-12-23(13-20(10-2)24(19)26)25(18(7)8)14-21(16(3)4)11-22(15-25)17(5)6/h11-14,16-18,26H,9-10,15H2,1-8H3. The molecule has 1 aromatic rings. The second kappa shape index (κ2) is 8.03. The van der Waals surface area contributed by atoms with Crippen LogP contribution in [0.4, 0.5) is 0 Å². The van der Waals surface area contributed by atoms with Crippen molar-refractivity contribution < 1.29 is 5.11 Å². The van der Waals surface area contributed by atoms with Crippen molar-refractivity contribution in [1.82, 2.24) is 0 Å². The van der Waals surface area contributed by atoms with Gasteiger partial charge in [0.05, 0.1) is 0 Å². The third-order valence-corrected chi connectivity index (χ3v) is 6.28. The fraction of sp³-hybridized carbons (Fsp3) is 0.600. The number of benzene rings is 1. The molecule has 0 fully saturated rings. The van der Waals surface area contributed by atoms with E-state index in [0.717, 1.165) is 30.4 Å². The highest BCUT2D eigenvalue weighted by atomic mass is 16.3. The number of hydrogen-bond acceptors (Lipinski definition) is 1. The molecule has 0 spiro atoms. The molecular formula is C25H38O. The van der Waals surface area contributed by atoms with Crippen molar-refractivity contribution in [2.75, 3.05) is 0 Å². The van der Waals surface area contributed by atoms with Crippen LogP contribution in [0, 0.1) is 17.8 Å². The number of allylic oxidation sites excluding steroid dienone is 4. The van der Waals surface area contributed by atoms with Crippen LogP contribution in [0.25, 0.3) is 0 Å². The van der Waals surface area contributed by atoms with Crippen molar-refractivity contribution in [2.24, 2.45) is 17.8 Å². The molecule has 0 bridgehead atoms. The Balaban J connectivity index is 2.74. The van der Waals surface area contributed by atoms with Crippen LogP contribution in [0.3, 0.4) is 0 Å². The molecule has 1 aliphatic carbocycles. The number of phenols is 1. The number of aryl methyl sites for hydroxylation is 2. The summed E-state index contributed by atoms with van der Waals surface area (Å²) in [5.41, 5.74) is 6.56. The predicted octanol–water partition coefficient (Wildman–Crippen LogP) is 6.98. The minimum atomic E-state index is 0.00942. The first-order chi connectivity index (χ1) is 12.2. The van der Waals surface area contributed by atoms with Crippen LogP contribution in [0.5, 0.6) is 5.75 Å². The Morgan fingerprint density at radius 1 is 0.923 bits per heavy atom. The lowest BCUT2D eigenvalue weighted by Crippen LogP contribution is -2.34. The van der Waals surface area contributed by atoms with E-state index in [9.17, 15) is 5.11 Å². The van der Waals surface area contributed by atoms with Crippen LogP contribution in [0.2, 0.25) is 0 Å². The fourth-order valence-corrected chi connectivity index (χ4v) is 4.15. The second-order valence-corrected chi connectivity index (χ2v) is 8.90. The van der Waals surface area contributed by atoms with Gasteiger partial charge in [0.2, 0.25) is 0 Å². The maximum atomic E-state index is 10.6. The molecular weight excluding hydrogens is 316 g/mol. The third kappa shape index (κ3) is 3.77. The van der Waals surface area contributed by atoms with Gasteiger partial charge in [-0.2, -0.15) is 0 Å². The summed E-state index contributed by atoms with van der Waals surface area (Å²) in [6.45, 7) is 18.2. The Morgan fingerprint density at radius 3 is 1.85 bits per heavy atom. The first-order valence-electron chi connectivity index (χ1n) is 10.4. The van der Waals surface area contributed by atoms with E-state index in [0.29, 0.717) is 23.5 Å². The van der Waals surface area contributed by atoms with E-state index < -0.39 is 0 Å². The van der Waals surface area contributed by atoms with Gasteiger partial charge in [0.15, 0.2) is 0 Å². The van der Waals surface area contributed by atoms with Gasteiger partial charge in [-0.25, -0.2) is 0 Å². The van der Waals surface area contributed by atoms with Gasteiger partial charge in [-0.05, 0) is 59.3 Å². The molecule has 1 heteroatoms. The summed E-state index contributed by atoms with van der Waals surface area (Å²) in [4.78, 5) is 0. The molecule has 0 aromatic heterocycles. The highest BCUT2D eigenvalue weighted by Crippen LogP contribution is 2.47. The summed E-state index contributed by atoms with van der Waals surface area (Å²) in [6.07, 6.45) is 7.80. The molecule has 1 atom stereocenters. The van der Waals surface area contributed by atoms with E-state index in [4.69, 9.17) is 0 Å². The summed E-state index contributed by atoms with van der Waals surface area (Å²) in [5.74, 6) is 2.08. The third-order valence-electron chi connectivity index (χ3n) is 6.28. The highest BCUT2D eigenvalue weighted by molar-refractivity contribution is 5.51. The smallest absolute Gasteiger partial charge is 0.121 e. The van der Waals surface area contributed by atoms with E-state index in [-0.39, 0.29) is 5.41 Å². The molecule has 0 saturated carbocycles. The maximum absolute atomic E-state index is 10.6. The van der Waals surface area contributed by atoms with E-state index in [1.54, 1.807) is 5.57 Å². The lowest BCUT2D eigenvalue weighted by molar-refractivity contribution is 0.360. The zero-order chi connectivity index (χ0) is 19.6. The summed E-state index contributed by atoms with van der Waals surface area (Å²) in [5, 5.41) is 10.6. The maximum Gasteiger partial charge on any atom is 0.121 e. The molecule has 2 rings (SSSR count). The van der Waals surface area contributed by atoms with Gasteiger partial charge in [0.1, 0.15) is 5.75 Å². The van der Waals surface area contributed by atoms with Crippen molar-refractivity contribution >= 4 is 0 Å². The average molecular weight is 355 g/mol. The first kappa shape index (κ1) is 20.8. The average Bonchev–Trinajstić information content (AvgIpc) is 2.60. The largest absolute Gasteiger partial charge is 0.507 e. The fourth-order valence-electron chi connectivity index (χ4n) is 4.15. The van der Waals surface area contributed by atoms with Crippen LogP contribution in [0.15, 0.2) is 35.4 Å². The predicted molar refractivity (Wildman–Crippen MR) is 114 cm³/mol. The number of phenolic OH excluding ortho intramolecular Hbond substituents is 1. The van der Waals surface area contributed by atoms with Crippen LogP contribution in [-0.2, 0) is 18.3 Å². The van der Waals surface area contributed by atoms with Crippen LogP contribution >= 0.6 is 0 Å². The molecule has 1 nitrogen and oxygen atoms in total. The summed E-state index contributed by atoms with van der Waals surface area (Å²) >= 11 is 0. The molecule has 0 amide bonds. The Labute approximate surface area is 161 Å². The quantitative estimate of drug-likeness (QED) is 0.584. The van der Waals surface area contributed by atoms with Crippen molar-refractivity contribution in [1.29, 1.82) is 0 Å². The molecule has 26 heavy (non-hydrogen) atoms. The Morgan fingerprint density at radius 2 is 1.46 bits per heavy atom. The molecule has 1 N–H and O–H groups in total. The molecule has 1 unspecified atom stereocenters. The SMILES string of the molecule is CCc1cc(C2(C(C)C)C=C(C(C)C)C=C(C(C)C)C2)cc(CC)c1O. The monoisotopic (exact) mass is 354 g/mol. The van der Waals surface area contributed by atoms with Crippen LogP contribution < -0.4 is 0 Å². The topological polar surface area (TPSA) is 20.2 Å². The van der Waals surface area contributed by atoms with Gasteiger partial charge in [-0.1, -0.05) is 85.2 Å². The van der Waals surface area contributed by atoms with E-state index >= 15 is 0 Å². The van der Waals surface area contributed by atoms with Gasteiger partial charge < -0.3 is 5.11 Å². The zero-order valence-corrected chi connectivity index (χ0v) is 18.1.